The minimum absolute atomic E-state index is 0.0625. The molecule has 0 saturated carbocycles. The Hall–Kier alpha value is -3.07. The van der Waals surface area contributed by atoms with Crippen LogP contribution in [-0.4, -0.2) is 18.1 Å². The molecule has 2 rings (SSSR count). The van der Waals surface area contributed by atoms with Crippen molar-refractivity contribution in [1.82, 2.24) is 4.98 Å². The Labute approximate surface area is 121 Å². The zero-order valence-electron chi connectivity index (χ0n) is 11.4. The number of rotatable bonds is 4. The van der Waals surface area contributed by atoms with E-state index >= 15 is 0 Å². The van der Waals surface area contributed by atoms with Crippen LogP contribution < -0.4 is 10.5 Å². The summed E-state index contributed by atoms with van der Waals surface area (Å²) in [5, 5.41) is 8.90. The second-order valence-electron chi connectivity index (χ2n) is 4.20. The third-order valence-electron chi connectivity index (χ3n) is 2.75. The third kappa shape index (κ3) is 3.48. The molecule has 0 atom stereocenters. The Morgan fingerprint density at radius 2 is 2.19 bits per heavy atom. The molecule has 0 fully saturated rings. The Kier molecular flexibility index (Phi) is 4.36. The van der Waals surface area contributed by atoms with E-state index in [4.69, 9.17) is 20.5 Å². The van der Waals surface area contributed by atoms with Crippen molar-refractivity contribution in [1.29, 1.82) is 5.26 Å². The van der Waals surface area contributed by atoms with Crippen molar-refractivity contribution in [2.75, 3.05) is 12.8 Å². The van der Waals surface area contributed by atoms with Gasteiger partial charge < -0.3 is 15.2 Å². The Morgan fingerprint density at radius 1 is 1.38 bits per heavy atom. The van der Waals surface area contributed by atoms with Crippen LogP contribution in [0.3, 0.4) is 0 Å². The summed E-state index contributed by atoms with van der Waals surface area (Å²) >= 11 is 0. The number of nitrogens with zero attached hydrogens (tertiary/aromatic N) is 2. The van der Waals surface area contributed by atoms with E-state index in [1.807, 2.05) is 6.07 Å². The second-order valence-corrected chi connectivity index (χ2v) is 4.20. The van der Waals surface area contributed by atoms with E-state index in [1.165, 1.54) is 19.4 Å². The first-order valence-corrected chi connectivity index (χ1v) is 6.09. The van der Waals surface area contributed by atoms with Gasteiger partial charge in [0.25, 0.3) is 0 Å². The van der Waals surface area contributed by atoms with Gasteiger partial charge in [0, 0.05) is 0 Å². The molecule has 2 N–H and O–H groups in total. The van der Waals surface area contributed by atoms with Crippen LogP contribution in [-0.2, 0) is 11.3 Å². The van der Waals surface area contributed by atoms with Crippen molar-refractivity contribution in [3.05, 3.63) is 53.3 Å². The molecule has 0 aliphatic rings. The lowest BCUT2D eigenvalue weighted by molar-refractivity contribution is 0.0465. The number of ether oxygens (including phenoxy) is 2. The highest BCUT2D eigenvalue weighted by Gasteiger charge is 2.10. The molecule has 6 heteroatoms. The lowest BCUT2D eigenvalue weighted by Crippen LogP contribution is -2.07. The van der Waals surface area contributed by atoms with Crippen LogP contribution in [0.15, 0.2) is 36.5 Å². The average Bonchev–Trinajstić information content (AvgIpc) is 2.52. The summed E-state index contributed by atoms with van der Waals surface area (Å²) in [4.78, 5) is 15.7. The van der Waals surface area contributed by atoms with Gasteiger partial charge in [-0.25, -0.2) is 9.78 Å². The van der Waals surface area contributed by atoms with E-state index in [1.54, 1.807) is 24.3 Å². The lowest BCUT2D eigenvalue weighted by atomic mass is 10.1. The molecule has 0 aliphatic carbocycles. The van der Waals surface area contributed by atoms with Gasteiger partial charge in [0.1, 0.15) is 24.1 Å². The number of methoxy groups -OCH3 is 1. The first-order chi connectivity index (χ1) is 10.1. The molecule has 0 unspecified atom stereocenters. The number of aromatic nitrogens is 1. The summed E-state index contributed by atoms with van der Waals surface area (Å²) < 4.78 is 10.2. The van der Waals surface area contributed by atoms with E-state index in [-0.39, 0.29) is 12.3 Å². The van der Waals surface area contributed by atoms with Gasteiger partial charge in [-0.15, -0.1) is 0 Å². The number of hydrogen-bond acceptors (Lipinski definition) is 6. The van der Waals surface area contributed by atoms with Crippen molar-refractivity contribution in [3.8, 4) is 11.8 Å². The minimum atomic E-state index is -0.543. The van der Waals surface area contributed by atoms with Crippen molar-refractivity contribution in [3.63, 3.8) is 0 Å². The number of carbonyl (C=O) groups is 1. The zero-order valence-corrected chi connectivity index (χ0v) is 11.4. The lowest BCUT2D eigenvalue weighted by Gasteiger charge is -2.07. The maximum absolute atomic E-state index is 11.8. The highest BCUT2D eigenvalue weighted by Crippen LogP contribution is 2.20. The molecule has 1 heterocycles. The molecule has 0 bridgehead atoms. The number of esters is 1. The van der Waals surface area contributed by atoms with Crippen LogP contribution in [0.2, 0.25) is 0 Å². The van der Waals surface area contributed by atoms with E-state index in [9.17, 15) is 4.79 Å². The van der Waals surface area contributed by atoms with Crippen LogP contribution in [0.25, 0.3) is 0 Å². The van der Waals surface area contributed by atoms with Gasteiger partial charge in [0.2, 0.25) is 0 Å². The highest BCUT2D eigenvalue weighted by molar-refractivity contribution is 5.87. The maximum atomic E-state index is 11.8. The smallest absolute Gasteiger partial charge is 0.357 e. The predicted octanol–water partition coefficient (Wildman–Crippen LogP) is 1.90. The van der Waals surface area contributed by atoms with E-state index in [2.05, 4.69) is 4.98 Å². The SMILES string of the molecule is COc1cc(COC(=O)c2ccc(N)cn2)ccc1C#N. The molecule has 0 radical (unpaired) electrons. The van der Waals surface area contributed by atoms with Gasteiger partial charge in [-0.2, -0.15) is 5.26 Å². The fourth-order valence-corrected chi connectivity index (χ4v) is 1.67. The highest BCUT2D eigenvalue weighted by atomic mass is 16.5. The van der Waals surface area contributed by atoms with Crippen LogP contribution in [0, 0.1) is 11.3 Å². The number of carbonyl (C=O) groups excluding carboxylic acids is 1. The molecule has 0 saturated heterocycles. The molecular weight excluding hydrogens is 270 g/mol. The number of nitrogen functional groups attached to an aromatic ring is 1. The van der Waals surface area contributed by atoms with Crippen LogP contribution in [0.5, 0.6) is 5.75 Å². The van der Waals surface area contributed by atoms with E-state index in [0.29, 0.717) is 17.0 Å². The second kappa shape index (κ2) is 6.39. The molecular formula is C15H13N3O3. The van der Waals surface area contributed by atoms with Gasteiger partial charge in [-0.1, -0.05) is 6.07 Å². The summed E-state index contributed by atoms with van der Waals surface area (Å²) in [5.74, 6) is -0.102. The molecule has 0 aliphatic heterocycles. The van der Waals surface area contributed by atoms with Crippen molar-refractivity contribution in [2.45, 2.75) is 6.61 Å². The van der Waals surface area contributed by atoms with Gasteiger partial charge >= 0.3 is 5.97 Å². The molecule has 6 nitrogen and oxygen atoms in total. The summed E-state index contributed by atoms with van der Waals surface area (Å²) in [6, 6.07) is 10.1. The predicted molar refractivity (Wildman–Crippen MR) is 75.5 cm³/mol. The van der Waals surface area contributed by atoms with Crippen LogP contribution in [0.1, 0.15) is 21.6 Å². The normalized spacial score (nSPS) is 9.71. The summed E-state index contributed by atoms with van der Waals surface area (Å²) in [6.45, 7) is 0.0625. The van der Waals surface area contributed by atoms with Crippen LogP contribution in [0.4, 0.5) is 5.69 Å². The van der Waals surface area contributed by atoms with Crippen molar-refractivity contribution >= 4 is 11.7 Å². The number of benzene rings is 1. The first kappa shape index (κ1) is 14.3. The topological polar surface area (TPSA) is 98.2 Å². The standard InChI is InChI=1S/C15H13N3O3/c1-20-14-6-10(2-3-11(14)7-16)9-21-15(19)13-5-4-12(17)8-18-13/h2-6,8H,9,17H2,1H3. The third-order valence-corrected chi connectivity index (χ3v) is 2.75. The molecule has 21 heavy (non-hydrogen) atoms. The number of anilines is 1. The van der Waals surface area contributed by atoms with E-state index in [0.717, 1.165) is 5.56 Å². The zero-order chi connectivity index (χ0) is 15.2. The quantitative estimate of drug-likeness (QED) is 0.860. The number of hydrogen-bond donors (Lipinski definition) is 1. The Morgan fingerprint density at radius 3 is 2.81 bits per heavy atom. The average molecular weight is 283 g/mol. The Balaban J connectivity index is 2.04. The minimum Gasteiger partial charge on any atom is -0.495 e. The van der Waals surface area contributed by atoms with Crippen molar-refractivity contribution in [2.24, 2.45) is 0 Å². The summed E-state index contributed by atoms with van der Waals surface area (Å²) in [7, 11) is 1.48. The molecule has 2 aromatic rings. The van der Waals surface area contributed by atoms with Gasteiger partial charge in [-0.3, -0.25) is 0 Å². The fourth-order valence-electron chi connectivity index (χ4n) is 1.67. The summed E-state index contributed by atoms with van der Waals surface area (Å²) in [6.07, 6.45) is 1.39. The Bertz CT molecular complexity index is 690. The molecule has 0 amide bonds. The monoisotopic (exact) mass is 283 g/mol. The maximum Gasteiger partial charge on any atom is 0.357 e. The van der Waals surface area contributed by atoms with Crippen LogP contribution >= 0.6 is 0 Å². The molecule has 1 aromatic heterocycles. The molecule has 1 aromatic carbocycles. The fraction of sp³-hybridized carbons (Fsp3) is 0.133. The van der Waals surface area contributed by atoms with Gasteiger partial charge in [0.05, 0.1) is 24.6 Å². The molecule has 106 valence electrons. The van der Waals surface area contributed by atoms with Gasteiger partial charge in [-0.05, 0) is 29.8 Å². The number of nitriles is 1. The largest absolute Gasteiger partial charge is 0.495 e. The van der Waals surface area contributed by atoms with Gasteiger partial charge in [0.15, 0.2) is 0 Å². The number of nitrogens with two attached hydrogens (primary N) is 1. The van der Waals surface area contributed by atoms with E-state index < -0.39 is 5.97 Å². The number of pyridine rings is 1. The van der Waals surface area contributed by atoms with Crippen molar-refractivity contribution < 1.29 is 14.3 Å². The summed E-state index contributed by atoms with van der Waals surface area (Å²) in [5.41, 5.74) is 7.30. The first-order valence-electron chi connectivity index (χ1n) is 6.09. The molecule has 0 spiro atoms.